The van der Waals surface area contributed by atoms with Crippen LogP contribution < -0.4 is 9.64 Å². The first-order chi connectivity index (χ1) is 10.6. The fourth-order valence-electron chi connectivity index (χ4n) is 2.52. The second-order valence-electron chi connectivity index (χ2n) is 6.94. The smallest absolute Gasteiger partial charge is 0.412 e. The van der Waals surface area contributed by atoms with Gasteiger partial charge in [-0.3, -0.25) is 4.90 Å². The number of aliphatic hydroxyl groups is 1. The number of carboxylic acid groups (broad SMARTS) is 1. The lowest BCUT2D eigenvalue weighted by atomic mass is 9.93. The molecule has 5 heteroatoms. The van der Waals surface area contributed by atoms with E-state index in [0.717, 1.165) is 12.0 Å². The van der Waals surface area contributed by atoms with Crippen molar-refractivity contribution in [3.63, 3.8) is 0 Å². The molecule has 1 amide bonds. The number of rotatable bonds is 6. The number of nitrogens with zero attached hydrogens (tertiary/aromatic N) is 1. The molecule has 2 atom stereocenters. The topological polar surface area (TPSA) is 70.0 Å². The molecule has 1 aromatic carbocycles. The molecule has 23 heavy (non-hydrogen) atoms. The van der Waals surface area contributed by atoms with Crippen molar-refractivity contribution in [2.45, 2.75) is 59.1 Å². The predicted molar refractivity (Wildman–Crippen MR) is 92.4 cm³/mol. The van der Waals surface area contributed by atoms with Gasteiger partial charge in [0, 0.05) is 12.0 Å². The van der Waals surface area contributed by atoms with Crippen LogP contribution in [0, 0.1) is 5.92 Å². The molecule has 0 aliphatic rings. The molecule has 0 saturated heterocycles. The molecule has 0 spiro atoms. The minimum Gasteiger partial charge on any atom is -0.497 e. The summed E-state index contributed by atoms with van der Waals surface area (Å²) in [4.78, 5) is 13.1. The van der Waals surface area contributed by atoms with Crippen LogP contribution in [0.15, 0.2) is 18.2 Å². The van der Waals surface area contributed by atoms with Crippen molar-refractivity contribution in [2.75, 3.05) is 12.0 Å². The normalized spacial score (nSPS) is 14.2. The van der Waals surface area contributed by atoms with Crippen LogP contribution in [0.5, 0.6) is 5.75 Å². The summed E-state index contributed by atoms with van der Waals surface area (Å²) in [5.74, 6) is 0.793. The maximum absolute atomic E-state index is 11.8. The van der Waals surface area contributed by atoms with Crippen molar-refractivity contribution in [1.82, 2.24) is 0 Å². The molecular weight excluding hydrogens is 294 g/mol. The molecule has 1 rings (SSSR count). The van der Waals surface area contributed by atoms with Crippen molar-refractivity contribution < 1.29 is 19.7 Å². The number of ether oxygens (including phenoxy) is 1. The molecular formula is C18H29NO4. The predicted octanol–water partition coefficient (Wildman–Crippen LogP) is 3.93. The molecule has 2 unspecified atom stereocenters. The second-order valence-corrected chi connectivity index (χ2v) is 6.94. The van der Waals surface area contributed by atoms with Crippen LogP contribution in [0.4, 0.5) is 10.5 Å². The Morgan fingerprint density at radius 2 is 1.96 bits per heavy atom. The molecule has 0 fully saturated rings. The van der Waals surface area contributed by atoms with Crippen molar-refractivity contribution in [2.24, 2.45) is 5.92 Å². The molecule has 1 aromatic rings. The molecule has 0 radical (unpaired) electrons. The van der Waals surface area contributed by atoms with Gasteiger partial charge < -0.3 is 14.9 Å². The first-order valence-corrected chi connectivity index (χ1v) is 7.99. The fraction of sp³-hybridized carbons (Fsp3) is 0.611. The van der Waals surface area contributed by atoms with Gasteiger partial charge in [-0.05, 0) is 50.5 Å². The van der Waals surface area contributed by atoms with Crippen molar-refractivity contribution in [3.8, 4) is 5.75 Å². The quantitative estimate of drug-likeness (QED) is 0.832. The van der Waals surface area contributed by atoms with Gasteiger partial charge in [0.2, 0.25) is 0 Å². The first kappa shape index (κ1) is 19.3. The van der Waals surface area contributed by atoms with E-state index < -0.39 is 17.7 Å². The zero-order chi connectivity index (χ0) is 17.8. The van der Waals surface area contributed by atoms with Gasteiger partial charge in [-0.1, -0.05) is 20.3 Å². The lowest BCUT2D eigenvalue weighted by Gasteiger charge is -2.35. The Balaban J connectivity index is 3.33. The van der Waals surface area contributed by atoms with Crippen molar-refractivity contribution in [1.29, 1.82) is 0 Å². The summed E-state index contributed by atoms with van der Waals surface area (Å²) in [6.45, 7) is 9.56. The van der Waals surface area contributed by atoms with Gasteiger partial charge in [-0.2, -0.15) is 0 Å². The third-order valence-corrected chi connectivity index (χ3v) is 4.12. The molecule has 5 nitrogen and oxygen atoms in total. The molecule has 0 aliphatic carbocycles. The largest absolute Gasteiger partial charge is 0.497 e. The van der Waals surface area contributed by atoms with Crippen molar-refractivity contribution >= 4 is 11.8 Å². The van der Waals surface area contributed by atoms with Crippen molar-refractivity contribution in [3.05, 3.63) is 23.8 Å². The van der Waals surface area contributed by atoms with E-state index in [0.29, 0.717) is 17.9 Å². The average Bonchev–Trinajstić information content (AvgIpc) is 2.46. The van der Waals surface area contributed by atoms with Crippen LogP contribution in [0.1, 0.15) is 46.6 Å². The Hall–Kier alpha value is -1.75. The highest BCUT2D eigenvalue weighted by Gasteiger charge is 2.30. The number of anilines is 1. The Kier molecular flexibility index (Phi) is 6.45. The minimum absolute atomic E-state index is 0.141. The SMILES string of the molecule is CCC(C)C(O)Cc1cc(OC)ccc1N(C(=O)O)C(C)(C)C. The van der Waals surface area contributed by atoms with E-state index in [1.165, 1.54) is 4.90 Å². The number of aliphatic hydroxyl groups excluding tert-OH is 1. The van der Waals surface area contributed by atoms with Gasteiger partial charge in [0.25, 0.3) is 0 Å². The Bertz CT molecular complexity index is 536. The Morgan fingerprint density at radius 3 is 2.39 bits per heavy atom. The van der Waals surface area contributed by atoms with Crippen LogP contribution in [0.2, 0.25) is 0 Å². The molecule has 0 aromatic heterocycles. The van der Waals surface area contributed by atoms with Gasteiger partial charge >= 0.3 is 6.09 Å². The molecule has 0 saturated carbocycles. The lowest BCUT2D eigenvalue weighted by Crippen LogP contribution is -2.45. The Labute approximate surface area is 138 Å². The van der Waals surface area contributed by atoms with E-state index in [-0.39, 0.29) is 5.92 Å². The summed E-state index contributed by atoms with van der Waals surface area (Å²) in [5.41, 5.74) is 0.777. The van der Waals surface area contributed by atoms with E-state index in [2.05, 4.69) is 0 Å². The number of benzene rings is 1. The third kappa shape index (κ3) is 4.86. The number of carbonyl (C=O) groups is 1. The number of amides is 1. The summed E-state index contributed by atoms with van der Waals surface area (Å²) < 4.78 is 5.26. The van der Waals surface area contributed by atoms with E-state index in [9.17, 15) is 15.0 Å². The molecule has 2 N–H and O–H groups in total. The van der Waals surface area contributed by atoms with E-state index >= 15 is 0 Å². The van der Waals surface area contributed by atoms with E-state index in [4.69, 9.17) is 4.74 Å². The molecule has 0 aliphatic heterocycles. The van der Waals surface area contributed by atoms with Crippen LogP contribution >= 0.6 is 0 Å². The monoisotopic (exact) mass is 323 g/mol. The maximum atomic E-state index is 11.8. The number of methoxy groups -OCH3 is 1. The van der Waals surface area contributed by atoms with Gasteiger partial charge in [-0.25, -0.2) is 4.79 Å². The summed E-state index contributed by atoms with van der Waals surface area (Å²) in [5, 5.41) is 20.0. The third-order valence-electron chi connectivity index (χ3n) is 4.12. The highest BCUT2D eigenvalue weighted by atomic mass is 16.5. The average molecular weight is 323 g/mol. The van der Waals surface area contributed by atoms with Crippen LogP contribution in [0.25, 0.3) is 0 Å². The van der Waals surface area contributed by atoms with Crippen LogP contribution in [-0.2, 0) is 6.42 Å². The first-order valence-electron chi connectivity index (χ1n) is 7.99. The lowest BCUT2D eigenvalue weighted by molar-refractivity contribution is 0.114. The number of hydrogen-bond donors (Lipinski definition) is 2. The van der Waals surface area contributed by atoms with Gasteiger partial charge in [-0.15, -0.1) is 0 Å². The molecule has 0 bridgehead atoms. The zero-order valence-electron chi connectivity index (χ0n) is 15.0. The standard InChI is InChI=1S/C18H29NO4/c1-7-12(2)16(20)11-13-10-14(23-6)8-9-15(13)19(17(21)22)18(3,4)5/h8-10,12,16,20H,7,11H2,1-6H3,(H,21,22). The minimum atomic E-state index is -1.01. The Morgan fingerprint density at radius 1 is 1.35 bits per heavy atom. The van der Waals surface area contributed by atoms with Crippen LogP contribution in [-0.4, -0.2) is 35.1 Å². The second kappa shape index (κ2) is 7.68. The highest BCUT2D eigenvalue weighted by molar-refractivity contribution is 5.88. The summed E-state index contributed by atoms with van der Waals surface area (Å²) in [6.07, 6.45) is -0.285. The fourth-order valence-corrected chi connectivity index (χ4v) is 2.52. The van der Waals surface area contributed by atoms with Gasteiger partial charge in [0.05, 0.1) is 18.9 Å². The van der Waals surface area contributed by atoms with E-state index in [1.807, 2.05) is 40.7 Å². The van der Waals surface area contributed by atoms with Gasteiger partial charge in [0.1, 0.15) is 5.75 Å². The zero-order valence-corrected chi connectivity index (χ0v) is 15.0. The summed E-state index contributed by atoms with van der Waals surface area (Å²) in [7, 11) is 1.57. The molecule has 130 valence electrons. The maximum Gasteiger partial charge on any atom is 0.412 e. The van der Waals surface area contributed by atoms with Gasteiger partial charge in [0.15, 0.2) is 0 Å². The highest BCUT2D eigenvalue weighted by Crippen LogP contribution is 2.32. The number of hydrogen-bond acceptors (Lipinski definition) is 3. The summed E-state index contributed by atoms with van der Waals surface area (Å²) >= 11 is 0. The van der Waals surface area contributed by atoms with Crippen LogP contribution in [0.3, 0.4) is 0 Å². The van der Waals surface area contributed by atoms with E-state index in [1.54, 1.807) is 19.2 Å². The molecule has 0 heterocycles. The summed E-state index contributed by atoms with van der Waals surface area (Å²) in [6, 6.07) is 5.30.